The zero-order valence-electron chi connectivity index (χ0n) is 13.3. The highest BCUT2D eigenvalue weighted by atomic mass is 19.1. The van der Waals surface area contributed by atoms with E-state index < -0.39 is 6.17 Å². The Balaban J connectivity index is 1.62. The van der Waals surface area contributed by atoms with E-state index in [1.807, 2.05) is 18.2 Å². The second-order valence-corrected chi connectivity index (χ2v) is 6.95. The minimum absolute atomic E-state index is 0.000708. The van der Waals surface area contributed by atoms with Gasteiger partial charge in [0, 0.05) is 25.0 Å². The fraction of sp³-hybridized carbons (Fsp3) is 0.474. The molecule has 0 N–H and O–H groups in total. The van der Waals surface area contributed by atoms with Crippen LogP contribution in [0, 0.1) is 5.82 Å². The molecule has 1 unspecified atom stereocenters. The molecule has 1 atom stereocenters. The third-order valence-electron chi connectivity index (χ3n) is 4.97. The number of allylic oxidation sites excluding steroid dienone is 1. The zero-order chi connectivity index (χ0) is 15.7. The number of hydrogen-bond donors (Lipinski definition) is 0. The minimum atomic E-state index is -0.808. The lowest BCUT2D eigenvalue weighted by atomic mass is 9.93. The summed E-state index contributed by atoms with van der Waals surface area (Å²) in [5.41, 5.74) is 3.28. The molecule has 0 spiro atoms. The van der Waals surface area contributed by atoms with Crippen molar-refractivity contribution >= 4 is 0 Å². The monoisotopic (exact) mass is 303 g/mol. The van der Waals surface area contributed by atoms with Gasteiger partial charge < -0.3 is 0 Å². The van der Waals surface area contributed by atoms with Crippen LogP contribution in [-0.2, 0) is 6.42 Å². The first-order valence-electron chi connectivity index (χ1n) is 7.98. The molecule has 1 nitrogen and oxygen atoms in total. The van der Waals surface area contributed by atoms with Crippen molar-refractivity contribution in [3.05, 3.63) is 58.9 Å². The molecule has 1 aliphatic heterocycles. The van der Waals surface area contributed by atoms with Crippen LogP contribution in [0.1, 0.15) is 32.3 Å². The number of nitrogens with zero attached hydrogens (tertiary/aromatic N) is 1. The fourth-order valence-corrected chi connectivity index (χ4v) is 3.29. The van der Waals surface area contributed by atoms with Gasteiger partial charge in [-0.15, -0.1) is 0 Å². The average Bonchev–Trinajstić information content (AvgIpc) is 2.93. The smallest absolute Gasteiger partial charge is 0.126 e. The summed E-state index contributed by atoms with van der Waals surface area (Å²) in [5.74, 6) is -0.194. The molecular weight excluding hydrogens is 280 g/mol. The van der Waals surface area contributed by atoms with Crippen LogP contribution in [0.3, 0.4) is 0 Å². The quantitative estimate of drug-likeness (QED) is 0.794. The molecule has 1 aliphatic carbocycles. The Morgan fingerprint density at radius 1 is 1.18 bits per heavy atom. The third-order valence-corrected chi connectivity index (χ3v) is 4.97. The Labute approximate surface area is 131 Å². The number of alkyl halides is 1. The highest BCUT2D eigenvalue weighted by Gasteiger charge is 2.35. The van der Waals surface area contributed by atoms with E-state index in [9.17, 15) is 8.78 Å². The molecule has 22 heavy (non-hydrogen) atoms. The van der Waals surface area contributed by atoms with Gasteiger partial charge in [0.05, 0.1) is 0 Å². The summed E-state index contributed by atoms with van der Waals surface area (Å²) in [6.45, 7) is 6.00. The number of halogens is 2. The molecule has 0 saturated heterocycles. The van der Waals surface area contributed by atoms with E-state index in [2.05, 4.69) is 24.8 Å². The van der Waals surface area contributed by atoms with Crippen LogP contribution in [0.15, 0.2) is 47.6 Å². The van der Waals surface area contributed by atoms with E-state index in [-0.39, 0.29) is 11.4 Å². The summed E-state index contributed by atoms with van der Waals surface area (Å²) in [7, 11) is 0. The number of benzene rings is 1. The first kappa shape index (κ1) is 15.4. The first-order chi connectivity index (χ1) is 10.5. The van der Waals surface area contributed by atoms with Crippen LogP contribution in [-0.4, -0.2) is 29.7 Å². The largest absolute Gasteiger partial charge is 0.290 e. The maximum atomic E-state index is 14.0. The summed E-state index contributed by atoms with van der Waals surface area (Å²) in [6.07, 6.45) is 5.61. The van der Waals surface area contributed by atoms with E-state index in [0.717, 1.165) is 42.6 Å². The molecule has 118 valence electrons. The number of aryl methyl sites for hydroxylation is 1. The van der Waals surface area contributed by atoms with E-state index in [1.165, 1.54) is 12.1 Å². The van der Waals surface area contributed by atoms with Crippen LogP contribution in [0.4, 0.5) is 8.78 Å². The van der Waals surface area contributed by atoms with Gasteiger partial charge in [-0.05, 0) is 55.5 Å². The highest BCUT2D eigenvalue weighted by Crippen LogP contribution is 2.34. The topological polar surface area (TPSA) is 3.24 Å². The molecule has 3 heteroatoms. The molecule has 3 rings (SSSR count). The molecule has 0 fully saturated rings. The van der Waals surface area contributed by atoms with Gasteiger partial charge in [-0.1, -0.05) is 24.3 Å². The Hall–Kier alpha value is -1.48. The van der Waals surface area contributed by atoms with Crippen LogP contribution < -0.4 is 0 Å². The lowest BCUT2D eigenvalue weighted by Crippen LogP contribution is -2.43. The second-order valence-electron chi connectivity index (χ2n) is 6.95. The van der Waals surface area contributed by atoms with Gasteiger partial charge in [0.15, 0.2) is 0 Å². The van der Waals surface area contributed by atoms with Gasteiger partial charge in [0.1, 0.15) is 12.0 Å². The normalized spacial score (nSPS) is 22.3. The number of rotatable bonds is 4. The molecule has 1 aromatic carbocycles. The summed E-state index contributed by atoms with van der Waals surface area (Å²) >= 11 is 0. The Bertz CT molecular complexity index is 598. The molecule has 2 aliphatic rings. The van der Waals surface area contributed by atoms with Gasteiger partial charge in [-0.25, -0.2) is 8.78 Å². The predicted molar refractivity (Wildman–Crippen MR) is 86.1 cm³/mol. The summed E-state index contributed by atoms with van der Waals surface area (Å²) in [4.78, 5) is 2.36. The number of hydrogen-bond acceptors (Lipinski definition) is 1. The fourth-order valence-electron chi connectivity index (χ4n) is 3.29. The van der Waals surface area contributed by atoms with Gasteiger partial charge in [0.25, 0.3) is 0 Å². The molecule has 0 saturated carbocycles. The van der Waals surface area contributed by atoms with Crippen LogP contribution >= 0.6 is 0 Å². The van der Waals surface area contributed by atoms with Crippen molar-refractivity contribution < 1.29 is 8.78 Å². The lowest BCUT2D eigenvalue weighted by Gasteiger charge is -2.36. The minimum Gasteiger partial charge on any atom is -0.290 e. The van der Waals surface area contributed by atoms with Crippen molar-refractivity contribution in [1.82, 2.24) is 4.90 Å². The molecule has 0 aromatic heterocycles. The molecular formula is C19H23F2N. The molecule has 1 heterocycles. The van der Waals surface area contributed by atoms with Crippen molar-refractivity contribution in [2.45, 2.75) is 44.8 Å². The Kier molecular flexibility index (Phi) is 4.18. The van der Waals surface area contributed by atoms with E-state index in [4.69, 9.17) is 0 Å². The SMILES string of the molecule is CC(C)(CCc1ccc(F)cc1)N1CC2=C(C1)C(F)CC=C2. The average molecular weight is 303 g/mol. The van der Waals surface area contributed by atoms with Crippen LogP contribution in [0.25, 0.3) is 0 Å². The summed E-state index contributed by atoms with van der Waals surface area (Å²) < 4.78 is 27.0. The zero-order valence-corrected chi connectivity index (χ0v) is 13.3. The van der Waals surface area contributed by atoms with Crippen LogP contribution in [0.5, 0.6) is 0 Å². The molecule has 0 bridgehead atoms. The highest BCUT2D eigenvalue weighted by molar-refractivity contribution is 5.38. The van der Waals surface area contributed by atoms with Gasteiger partial charge in [-0.3, -0.25) is 4.90 Å². The molecule has 0 amide bonds. The standard InChI is InChI=1S/C19H23F2N/c1-19(2,11-10-14-6-8-16(20)9-7-14)22-12-15-4-3-5-18(21)17(15)13-22/h3-4,6-9,18H,5,10-13H2,1-2H3. The van der Waals surface area contributed by atoms with Gasteiger partial charge >= 0.3 is 0 Å². The summed E-state index contributed by atoms with van der Waals surface area (Å²) in [6, 6.07) is 6.71. The van der Waals surface area contributed by atoms with E-state index in [1.54, 1.807) is 0 Å². The van der Waals surface area contributed by atoms with Gasteiger partial charge in [0.2, 0.25) is 0 Å². The summed E-state index contributed by atoms with van der Waals surface area (Å²) in [5, 5.41) is 0. The molecule has 1 aromatic rings. The second kappa shape index (κ2) is 5.96. The van der Waals surface area contributed by atoms with Crippen molar-refractivity contribution in [1.29, 1.82) is 0 Å². The Morgan fingerprint density at radius 3 is 2.59 bits per heavy atom. The van der Waals surface area contributed by atoms with Crippen LogP contribution in [0.2, 0.25) is 0 Å². The van der Waals surface area contributed by atoms with Crippen molar-refractivity contribution in [3.63, 3.8) is 0 Å². The maximum absolute atomic E-state index is 14.0. The van der Waals surface area contributed by atoms with Crippen molar-refractivity contribution in [2.75, 3.05) is 13.1 Å². The first-order valence-corrected chi connectivity index (χ1v) is 7.98. The maximum Gasteiger partial charge on any atom is 0.126 e. The van der Waals surface area contributed by atoms with Crippen molar-refractivity contribution in [3.8, 4) is 0 Å². The van der Waals surface area contributed by atoms with E-state index in [0.29, 0.717) is 6.42 Å². The van der Waals surface area contributed by atoms with E-state index >= 15 is 0 Å². The van der Waals surface area contributed by atoms with Gasteiger partial charge in [-0.2, -0.15) is 0 Å². The third kappa shape index (κ3) is 3.14. The predicted octanol–water partition coefficient (Wildman–Crippen LogP) is 4.45. The lowest BCUT2D eigenvalue weighted by molar-refractivity contribution is 0.145. The molecule has 0 radical (unpaired) electrons. The van der Waals surface area contributed by atoms with Crippen molar-refractivity contribution in [2.24, 2.45) is 0 Å². The Morgan fingerprint density at radius 2 is 1.91 bits per heavy atom.